The molecule has 2 N–H and O–H groups in total. The van der Waals surface area contributed by atoms with Gasteiger partial charge in [0.25, 0.3) is 0 Å². The number of carbonyl (C=O) groups excluding carboxylic acids is 1. The summed E-state index contributed by atoms with van der Waals surface area (Å²) in [5.74, 6) is -1.40. The first kappa shape index (κ1) is 16.0. The van der Waals surface area contributed by atoms with E-state index in [1.807, 2.05) is 13.8 Å². The fourth-order valence-corrected chi connectivity index (χ4v) is 2.49. The normalized spacial score (nSPS) is 24.6. The number of amides is 1. The van der Waals surface area contributed by atoms with E-state index in [0.29, 0.717) is 6.42 Å². The van der Waals surface area contributed by atoms with E-state index in [4.69, 9.17) is 4.74 Å². The quantitative estimate of drug-likeness (QED) is 0.749. The minimum Gasteiger partial charge on any atom is -0.481 e. The maximum absolute atomic E-state index is 12.0. The topological polar surface area (TPSA) is 75.6 Å². The molecular formula is C14H25NO4. The summed E-state index contributed by atoms with van der Waals surface area (Å²) in [6.45, 7) is 3.68. The first-order chi connectivity index (χ1) is 8.85. The number of nitrogens with one attached hydrogen (secondary N) is 1. The van der Waals surface area contributed by atoms with Crippen molar-refractivity contribution in [1.82, 2.24) is 5.32 Å². The summed E-state index contributed by atoms with van der Waals surface area (Å²) >= 11 is 0. The maximum Gasteiger partial charge on any atom is 0.308 e. The monoisotopic (exact) mass is 271 g/mol. The van der Waals surface area contributed by atoms with Crippen LogP contribution in [0.3, 0.4) is 0 Å². The second-order valence-electron chi connectivity index (χ2n) is 5.90. The van der Waals surface area contributed by atoms with Crippen LogP contribution in [0.25, 0.3) is 0 Å². The SMILES string of the molecule is COC(C)(C)CC(=O)NC1CCCCCC1C(=O)O. The van der Waals surface area contributed by atoms with Crippen LogP contribution in [0.1, 0.15) is 52.4 Å². The molecule has 0 heterocycles. The molecule has 1 amide bonds. The fraction of sp³-hybridized carbons (Fsp3) is 0.857. The molecule has 110 valence electrons. The lowest BCUT2D eigenvalue weighted by Crippen LogP contribution is -2.45. The van der Waals surface area contributed by atoms with Crippen molar-refractivity contribution >= 4 is 11.9 Å². The molecule has 0 saturated heterocycles. The highest BCUT2D eigenvalue weighted by Gasteiger charge is 2.31. The van der Waals surface area contributed by atoms with Crippen LogP contribution in [0, 0.1) is 5.92 Å². The summed E-state index contributed by atoms with van der Waals surface area (Å²) in [7, 11) is 1.57. The molecule has 1 saturated carbocycles. The molecule has 0 bridgehead atoms. The summed E-state index contributed by atoms with van der Waals surface area (Å²) in [4.78, 5) is 23.2. The van der Waals surface area contributed by atoms with Crippen molar-refractivity contribution in [3.63, 3.8) is 0 Å². The molecule has 0 aromatic carbocycles. The zero-order valence-corrected chi connectivity index (χ0v) is 12.1. The van der Waals surface area contributed by atoms with Gasteiger partial charge in [-0.2, -0.15) is 0 Å². The minimum absolute atomic E-state index is 0.134. The summed E-state index contributed by atoms with van der Waals surface area (Å²) in [6.07, 6.45) is 4.57. The lowest BCUT2D eigenvalue weighted by Gasteiger charge is -2.26. The molecule has 1 aliphatic rings. The van der Waals surface area contributed by atoms with E-state index < -0.39 is 17.5 Å². The van der Waals surface area contributed by atoms with E-state index in [1.54, 1.807) is 7.11 Å². The van der Waals surface area contributed by atoms with Crippen molar-refractivity contribution in [3.05, 3.63) is 0 Å². The summed E-state index contributed by atoms with van der Waals surface area (Å²) in [5, 5.41) is 12.1. The Morgan fingerprint density at radius 3 is 2.47 bits per heavy atom. The highest BCUT2D eigenvalue weighted by molar-refractivity contribution is 5.79. The van der Waals surface area contributed by atoms with Gasteiger partial charge in [-0.05, 0) is 26.7 Å². The average Bonchev–Trinajstić information content (AvgIpc) is 2.53. The van der Waals surface area contributed by atoms with E-state index in [0.717, 1.165) is 25.7 Å². The fourth-order valence-electron chi connectivity index (χ4n) is 2.49. The Hall–Kier alpha value is -1.10. The van der Waals surface area contributed by atoms with Crippen molar-refractivity contribution in [2.24, 2.45) is 5.92 Å². The molecule has 2 unspecified atom stereocenters. The van der Waals surface area contributed by atoms with Crippen molar-refractivity contribution in [2.75, 3.05) is 7.11 Å². The van der Waals surface area contributed by atoms with Gasteiger partial charge in [0, 0.05) is 13.2 Å². The van der Waals surface area contributed by atoms with Gasteiger partial charge in [0.2, 0.25) is 5.91 Å². The predicted octanol–water partition coefficient (Wildman–Crippen LogP) is 1.95. The molecule has 5 nitrogen and oxygen atoms in total. The van der Waals surface area contributed by atoms with Gasteiger partial charge in [0.15, 0.2) is 0 Å². The molecule has 0 spiro atoms. The van der Waals surface area contributed by atoms with E-state index >= 15 is 0 Å². The molecule has 0 aromatic heterocycles. The van der Waals surface area contributed by atoms with Gasteiger partial charge in [-0.15, -0.1) is 0 Å². The van der Waals surface area contributed by atoms with Crippen molar-refractivity contribution in [2.45, 2.75) is 64.0 Å². The molecule has 2 atom stereocenters. The van der Waals surface area contributed by atoms with Gasteiger partial charge in [-0.25, -0.2) is 0 Å². The average molecular weight is 271 g/mol. The summed E-state index contributed by atoms with van der Waals surface area (Å²) < 4.78 is 5.22. The number of carboxylic acids is 1. The van der Waals surface area contributed by atoms with Crippen LogP contribution in [-0.4, -0.2) is 35.7 Å². The van der Waals surface area contributed by atoms with Gasteiger partial charge >= 0.3 is 5.97 Å². The number of rotatable bonds is 5. The highest BCUT2D eigenvalue weighted by atomic mass is 16.5. The van der Waals surface area contributed by atoms with Gasteiger partial charge in [0.1, 0.15) is 0 Å². The van der Waals surface area contributed by atoms with Crippen LogP contribution in [0.4, 0.5) is 0 Å². The van der Waals surface area contributed by atoms with Gasteiger partial charge in [0.05, 0.1) is 17.9 Å². The molecule has 5 heteroatoms. The Balaban J connectivity index is 2.61. The molecule has 1 rings (SSSR count). The third kappa shape index (κ3) is 5.19. The van der Waals surface area contributed by atoms with Crippen LogP contribution in [0.2, 0.25) is 0 Å². The summed E-state index contributed by atoms with van der Waals surface area (Å²) in [6, 6.07) is -0.250. The zero-order valence-electron chi connectivity index (χ0n) is 12.1. The lowest BCUT2D eigenvalue weighted by atomic mass is 9.94. The Bertz CT molecular complexity index is 327. The largest absolute Gasteiger partial charge is 0.481 e. The standard InChI is InChI=1S/C14H25NO4/c1-14(2,19-3)9-12(16)15-11-8-6-4-5-7-10(11)13(17)18/h10-11H,4-9H2,1-3H3,(H,15,16)(H,17,18). The molecule has 0 radical (unpaired) electrons. The molecule has 1 fully saturated rings. The van der Waals surface area contributed by atoms with E-state index in [1.165, 1.54) is 0 Å². The smallest absolute Gasteiger partial charge is 0.308 e. The van der Waals surface area contributed by atoms with E-state index in [9.17, 15) is 14.7 Å². The van der Waals surface area contributed by atoms with Crippen molar-refractivity contribution < 1.29 is 19.4 Å². The van der Waals surface area contributed by atoms with Crippen LogP contribution in [-0.2, 0) is 14.3 Å². The molecule has 0 aliphatic heterocycles. The second kappa shape index (κ2) is 6.89. The Labute approximate surface area is 114 Å². The first-order valence-electron chi connectivity index (χ1n) is 6.93. The minimum atomic E-state index is -0.807. The van der Waals surface area contributed by atoms with Crippen LogP contribution < -0.4 is 5.32 Å². The number of carbonyl (C=O) groups is 2. The van der Waals surface area contributed by atoms with Crippen LogP contribution in [0.15, 0.2) is 0 Å². The maximum atomic E-state index is 12.0. The second-order valence-corrected chi connectivity index (χ2v) is 5.90. The Kier molecular flexibility index (Phi) is 5.79. The summed E-state index contributed by atoms with van der Waals surface area (Å²) in [5.41, 5.74) is -0.520. The van der Waals surface area contributed by atoms with Gasteiger partial charge in [-0.3, -0.25) is 9.59 Å². The third-order valence-corrected chi connectivity index (χ3v) is 3.82. The Morgan fingerprint density at radius 1 is 1.26 bits per heavy atom. The number of hydrogen-bond donors (Lipinski definition) is 2. The Morgan fingerprint density at radius 2 is 1.89 bits per heavy atom. The number of methoxy groups -OCH3 is 1. The van der Waals surface area contributed by atoms with E-state index in [-0.39, 0.29) is 18.4 Å². The third-order valence-electron chi connectivity index (χ3n) is 3.82. The lowest BCUT2D eigenvalue weighted by molar-refractivity contribution is -0.143. The molecule has 19 heavy (non-hydrogen) atoms. The number of hydrogen-bond acceptors (Lipinski definition) is 3. The number of carboxylic acid groups (broad SMARTS) is 1. The number of aliphatic carboxylic acids is 1. The van der Waals surface area contributed by atoms with Crippen LogP contribution in [0.5, 0.6) is 0 Å². The molecule has 1 aliphatic carbocycles. The highest BCUT2D eigenvalue weighted by Crippen LogP contribution is 2.24. The van der Waals surface area contributed by atoms with Crippen molar-refractivity contribution in [1.29, 1.82) is 0 Å². The van der Waals surface area contributed by atoms with Crippen molar-refractivity contribution in [3.8, 4) is 0 Å². The number of ether oxygens (including phenoxy) is 1. The zero-order chi connectivity index (χ0) is 14.5. The van der Waals surface area contributed by atoms with E-state index in [2.05, 4.69) is 5.32 Å². The first-order valence-corrected chi connectivity index (χ1v) is 6.93. The molecule has 0 aromatic rings. The predicted molar refractivity (Wildman–Crippen MR) is 71.8 cm³/mol. The van der Waals surface area contributed by atoms with Crippen LogP contribution >= 0.6 is 0 Å². The van der Waals surface area contributed by atoms with Gasteiger partial charge in [-0.1, -0.05) is 19.3 Å². The molecular weight excluding hydrogens is 246 g/mol. The van der Waals surface area contributed by atoms with Gasteiger partial charge < -0.3 is 15.2 Å².